The summed E-state index contributed by atoms with van der Waals surface area (Å²) in [5, 5.41) is 26.6. The Bertz CT molecular complexity index is 1020. The smallest absolute Gasteiger partial charge is 0.308 e. The van der Waals surface area contributed by atoms with Crippen molar-refractivity contribution in [2.45, 2.75) is 39.0 Å². The monoisotopic (exact) mass is 428 g/mol. The second-order valence-corrected chi connectivity index (χ2v) is 7.81. The van der Waals surface area contributed by atoms with Crippen molar-refractivity contribution >= 4 is 28.7 Å². The number of benzene rings is 1. The third kappa shape index (κ3) is 4.18. The fourth-order valence-corrected chi connectivity index (χ4v) is 4.48. The Balaban J connectivity index is 1.94. The summed E-state index contributed by atoms with van der Waals surface area (Å²) in [6, 6.07) is 3.36. The summed E-state index contributed by atoms with van der Waals surface area (Å²) in [4.78, 5) is 33.0. The number of nitrogens with zero attached hydrogens (tertiary/aromatic N) is 3. The van der Waals surface area contributed by atoms with Crippen LogP contribution < -0.4 is 5.43 Å². The van der Waals surface area contributed by atoms with Crippen molar-refractivity contribution in [3.63, 3.8) is 0 Å². The number of carbonyl (C=O) groups is 1. The van der Waals surface area contributed by atoms with Crippen molar-refractivity contribution in [2.75, 3.05) is 12.5 Å². The minimum absolute atomic E-state index is 0.0672. The topological polar surface area (TPSA) is 137 Å². The standard InChI is InChI=1S/C21H24N4O6/c1-4-21-9-7-14(20(26)31-3)11-16(21)13(2)17(8-10-21)22-23-18-6-5-15(24(27)28)12-19(18)25(29)30/h4-6,12,14,23H,1,7-11H2,2-3H3/b22-17+/t14-,21-/m1/s1. The average molecular weight is 428 g/mol. The van der Waals surface area contributed by atoms with E-state index >= 15 is 0 Å². The van der Waals surface area contributed by atoms with E-state index in [2.05, 4.69) is 17.1 Å². The highest BCUT2D eigenvalue weighted by molar-refractivity contribution is 6.02. The van der Waals surface area contributed by atoms with Gasteiger partial charge in [-0.25, -0.2) is 0 Å². The van der Waals surface area contributed by atoms with Gasteiger partial charge in [-0.05, 0) is 50.7 Å². The number of nitrogens with one attached hydrogen (secondary N) is 1. The van der Waals surface area contributed by atoms with Crippen LogP contribution in [0, 0.1) is 31.6 Å². The van der Waals surface area contributed by atoms with Gasteiger partial charge in [0, 0.05) is 11.5 Å². The molecule has 0 unspecified atom stereocenters. The van der Waals surface area contributed by atoms with E-state index in [1.807, 2.05) is 13.0 Å². The van der Waals surface area contributed by atoms with Gasteiger partial charge in [0.25, 0.3) is 5.69 Å². The third-order valence-corrected chi connectivity index (χ3v) is 6.31. The lowest BCUT2D eigenvalue weighted by molar-refractivity contribution is -0.393. The number of hydrazone groups is 1. The number of hydrogen-bond acceptors (Lipinski definition) is 8. The van der Waals surface area contributed by atoms with Gasteiger partial charge in [0.1, 0.15) is 5.69 Å². The molecule has 2 aliphatic rings. The summed E-state index contributed by atoms with van der Waals surface area (Å²) in [6.07, 6.45) is 5.45. The number of carbonyl (C=O) groups excluding carboxylic acids is 1. The van der Waals surface area contributed by atoms with Crippen LogP contribution in [0.1, 0.15) is 39.0 Å². The lowest BCUT2D eigenvalue weighted by atomic mass is 9.60. The second-order valence-electron chi connectivity index (χ2n) is 7.81. The van der Waals surface area contributed by atoms with Crippen LogP contribution in [0.15, 0.2) is 47.1 Å². The molecule has 0 bridgehead atoms. The van der Waals surface area contributed by atoms with Crippen molar-refractivity contribution in [3.05, 3.63) is 62.2 Å². The van der Waals surface area contributed by atoms with E-state index in [1.165, 1.54) is 19.2 Å². The maximum atomic E-state index is 12.1. The van der Waals surface area contributed by atoms with Crippen LogP contribution >= 0.6 is 0 Å². The number of nitro groups is 2. The van der Waals surface area contributed by atoms with Gasteiger partial charge >= 0.3 is 11.7 Å². The van der Waals surface area contributed by atoms with E-state index < -0.39 is 15.5 Å². The first-order valence-corrected chi connectivity index (χ1v) is 9.90. The largest absolute Gasteiger partial charge is 0.469 e. The molecule has 0 spiro atoms. The van der Waals surface area contributed by atoms with Gasteiger partial charge in [0.2, 0.25) is 0 Å². The van der Waals surface area contributed by atoms with Gasteiger partial charge in [-0.15, -0.1) is 6.58 Å². The number of anilines is 1. The van der Waals surface area contributed by atoms with Gasteiger partial charge in [-0.1, -0.05) is 11.6 Å². The lowest BCUT2D eigenvalue weighted by Gasteiger charge is -2.44. The van der Waals surface area contributed by atoms with Crippen molar-refractivity contribution in [1.29, 1.82) is 0 Å². The van der Waals surface area contributed by atoms with Crippen molar-refractivity contribution in [1.82, 2.24) is 0 Å². The quantitative estimate of drug-likeness (QED) is 0.304. The Kier molecular flexibility index (Phi) is 6.19. The maximum absolute atomic E-state index is 12.1. The number of non-ortho nitro benzene ring substituents is 1. The number of hydrogen-bond donors (Lipinski definition) is 1. The first kappa shape index (κ1) is 22.1. The first-order valence-electron chi connectivity index (χ1n) is 9.90. The number of methoxy groups -OCH3 is 1. The zero-order valence-electron chi connectivity index (χ0n) is 17.4. The summed E-state index contributed by atoms with van der Waals surface area (Å²) >= 11 is 0. The van der Waals surface area contributed by atoms with E-state index in [1.54, 1.807) is 0 Å². The predicted octanol–water partition coefficient (Wildman–Crippen LogP) is 4.53. The zero-order chi connectivity index (χ0) is 22.8. The molecule has 10 nitrogen and oxygen atoms in total. The molecule has 0 radical (unpaired) electrons. The number of ether oxygens (including phenoxy) is 1. The van der Waals surface area contributed by atoms with E-state index in [0.717, 1.165) is 42.2 Å². The molecule has 0 aromatic heterocycles. The number of allylic oxidation sites excluding steroid dienone is 3. The van der Waals surface area contributed by atoms with Gasteiger partial charge < -0.3 is 4.74 Å². The molecule has 0 saturated heterocycles. The molecule has 164 valence electrons. The Morgan fingerprint density at radius 3 is 2.68 bits per heavy atom. The number of rotatable bonds is 6. The minimum Gasteiger partial charge on any atom is -0.469 e. The Labute approximate surface area is 179 Å². The fourth-order valence-electron chi connectivity index (χ4n) is 4.48. The van der Waals surface area contributed by atoms with Gasteiger partial charge in [0.15, 0.2) is 0 Å². The molecule has 10 heteroatoms. The molecule has 3 rings (SSSR count). The molecular weight excluding hydrogens is 404 g/mol. The molecule has 0 heterocycles. The van der Waals surface area contributed by atoms with Crippen molar-refractivity contribution in [2.24, 2.45) is 16.4 Å². The molecule has 2 aliphatic carbocycles. The Morgan fingerprint density at radius 1 is 1.32 bits per heavy atom. The molecule has 31 heavy (non-hydrogen) atoms. The van der Waals surface area contributed by atoms with E-state index in [0.29, 0.717) is 12.8 Å². The SMILES string of the molecule is C=C[C@@]12CC/C(=N\Nc3ccc([N+](=O)[O-])cc3[N+](=O)[O-])C(C)=C1C[C@H](C(=O)OC)CC2. The molecule has 1 aromatic carbocycles. The zero-order valence-corrected chi connectivity index (χ0v) is 17.4. The molecule has 1 fully saturated rings. The van der Waals surface area contributed by atoms with Crippen LogP contribution in [0.3, 0.4) is 0 Å². The van der Waals surface area contributed by atoms with Crippen LogP contribution in [0.25, 0.3) is 0 Å². The first-order chi connectivity index (χ1) is 14.7. The molecule has 1 N–H and O–H groups in total. The van der Waals surface area contributed by atoms with E-state index in [-0.39, 0.29) is 28.7 Å². The molecule has 1 aromatic rings. The molecule has 1 saturated carbocycles. The summed E-state index contributed by atoms with van der Waals surface area (Å²) in [5.74, 6) is -0.451. The number of nitro benzene ring substituents is 2. The molecular formula is C21H24N4O6. The summed E-state index contributed by atoms with van der Waals surface area (Å²) in [6.45, 7) is 5.95. The van der Waals surface area contributed by atoms with Crippen molar-refractivity contribution < 1.29 is 19.4 Å². The van der Waals surface area contributed by atoms with Crippen LogP contribution in [0.2, 0.25) is 0 Å². The highest BCUT2D eigenvalue weighted by Gasteiger charge is 2.43. The van der Waals surface area contributed by atoms with Crippen LogP contribution in [0.5, 0.6) is 0 Å². The van der Waals surface area contributed by atoms with Crippen LogP contribution in [0.4, 0.5) is 17.1 Å². The fraction of sp³-hybridized carbons (Fsp3) is 0.429. The normalized spacial score (nSPS) is 24.3. The van der Waals surface area contributed by atoms with Gasteiger partial charge in [0.05, 0.1) is 34.7 Å². The minimum atomic E-state index is -0.688. The number of fused-ring (bicyclic) bond motifs is 1. The summed E-state index contributed by atoms with van der Waals surface area (Å²) < 4.78 is 4.92. The Hall–Kier alpha value is -3.56. The highest BCUT2D eigenvalue weighted by Crippen LogP contribution is 2.51. The van der Waals surface area contributed by atoms with Gasteiger partial charge in [-0.3, -0.25) is 30.4 Å². The lowest BCUT2D eigenvalue weighted by Crippen LogP contribution is -2.36. The van der Waals surface area contributed by atoms with E-state index in [4.69, 9.17) is 4.74 Å². The summed E-state index contributed by atoms with van der Waals surface area (Å²) in [5.41, 5.74) is 4.54. The van der Waals surface area contributed by atoms with Crippen molar-refractivity contribution in [3.8, 4) is 0 Å². The predicted molar refractivity (Wildman–Crippen MR) is 115 cm³/mol. The third-order valence-electron chi connectivity index (χ3n) is 6.31. The van der Waals surface area contributed by atoms with Crippen LogP contribution in [-0.4, -0.2) is 28.6 Å². The van der Waals surface area contributed by atoms with Gasteiger partial charge in [-0.2, -0.15) is 5.10 Å². The summed E-state index contributed by atoms with van der Waals surface area (Å²) in [7, 11) is 1.38. The highest BCUT2D eigenvalue weighted by atomic mass is 16.6. The molecule has 2 atom stereocenters. The second kappa shape index (κ2) is 8.66. The Morgan fingerprint density at radius 2 is 2.06 bits per heavy atom. The molecule has 0 aliphatic heterocycles. The number of esters is 1. The van der Waals surface area contributed by atoms with E-state index in [9.17, 15) is 25.0 Å². The maximum Gasteiger partial charge on any atom is 0.308 e. The average Bonchev–Trinajstić information content (AvgIpc) is 2.77. The molecule has 0 amide bonds. The van der Waals surface area contributed by atoms with Crippen LogP contribution in [-0.2, 0) is 9.53 Å².